The Morgan fingerprint density at radius 1 is 1.44 bits per heavy atom. The second-order valence-electron chi connectivity index (χ2n) is 3.86. The summed E-state index contributed by atoms with van der Waals surface area (Å²) in [6, 6.07) is 2.18. The van der Waals surface area contributed by atoms with Crippen LogP contribution in [0.25, 0.3) is 0 Å². The highest BCUT2D eigenvalue weighted by atomic mass is 79.9. The van der Waals surface area contributed by atoms with E-state index < -0.39 is 11.6 Å². The van der Waals surface area contributed by atoms with Crippen LogP contribution in [-0.4, -0.2) is 18.8 Å². The third-order valence-corrected chi connectivity index (χ3v) is 3.34. The van der Waals surface area contributed by atoms with Crippen LogP contribution in [0.4, 0.5) is 14.5 Å². The van der Waals surface area contributed by atoms with Crippen molar-refractivity contribution in [2.45, 2.75) is 25.5 Å². The molecule has 1 heterocycles. The smallest absolute Gasteiger partial charge is 0.150 e. The lowest BCUT2D eigenvalue weighted by Gasteiger charge is -2.18. The predicted molar refractivity (Wildman–Crippen MR) is 61.5 cm³/mol. The molecule has 1 aliphatic rings. The first-order valence-electron chi connectivity index (χ1n) is 5.10. The lowest BCUT2D eigenvalue weighted by Crippen LogP contribution is -2.27. The molecule has 16 heavy (non-hydrogen) atoms. The fraction of sp³-hybridized carbons (Fsp3) is 0.455. The molecule has 0 aliphatic carbocycles. The summed E-state index contributed by atoms with van der Waals surface area (Å²) in [6.45, 7) is 2.60. The molecule has 0 saturated carbocycles. The van der Waals surface area contributed by atoms with Crippen molar-refractivity contribution in [2.75, 3.05) is 11.9 Å². The van der Waals surface area contributed by atoms with Crippen LogP contribution in [0.15, 0.2) is 16.6 Å². The molecule has 0 aromatic heterocycles. The maximum Gasteiger partial charge on any atom is 0.150 e. The van der Waals surface area contributed by atoms with E-state index in [1.807, 2.05) is 6.92 Å². The van der Waals surface area contributed by atoms with E-state index in [1.165, 1.54) is 6.07 Å². The van der Waals surface area contributed by atoms with Gasteiger partial charge in [0.2, 0.25) is 0 Å². The number of anilines is 1. The lowest BCUT2D eigenvalue weighted by atomic mass is 10.1. The second-order valence-corrected chi connectivity index (χ2v) is 4.71. The molecular weight excluding hydrogens is 280 g/mol. The number of ether oxygens (including phenoxy) is 1. The van der Waals surface area contributed by atoms with E-state index >= 15 is 0 Å². The highest BCUT2D eigenvalue weighted by Gasteiger charge is 2.25. The molecule has 0 bridgehead atoms. The summed E-state index contributed by atoms with van der Waals surface area (Å²) in [5.74, 6) is -1.18. The van der Waals surface area contributed by atoms with E-state index in [9.17, 15) is 8.78 Å². The van der Waals surface area contributed by atoms with Crippen molar-refractivity contribution in [3.05, 3.63) is 28.2 Å². The first kappa shape index (κ1) is 11.8. The minimum Gasteiger partial charge on any atom is -0.376 e. The van der Waals surface area contributed by atoms with Gasteiger partial charge in [0.15, 0.2) is 0 Å². The van der Waals surface area contributed by atoms with Gasteiger partial charge in [0.25, 0.3) is 0 Å². The summed E-state index contributed by atoms with van der Waals surface area (Å²) in [5.41, 5.74) is 0.295. The number of benzene rings is 1. The molecule has 2 unspecified atom stereocenters. The molecule has 1 aromatic rings. The van der Waals surface area contributed by atoms with Crippen molar-refractivity contribution in [1.29, 1.82) is 0 Å². The van der Waals surface area contributed by atoms with Crippen molar-refractivity contribution >= 4 is 21.6 Å². The first-order chi connectivity index (χ1) is 7.58. The van der Waals surface area contributed by atoms with Gasteiger partial charge in [-0.05, 0) is 35.3 Å². The minimum atomic E-state index is -0.592. The van der Waals surface area contributed by atoms with Gasteiger partial charge in [0.1, 0.15) is 11.6 Å². The van der Waals surface area contributed by atoms with Gasteiger partial charge >= 0.3 is 0 Å². The van der Waals surface area contributed by atoms with E-state index in [2.05, 4.69) is 21.2 Å². The van der Waals surface area contributed by atoms with Crippen LogP contribution in [0.5, 0.6) is 0 Å². The van der Waals surface area contributed by atoms with Crippen molar-refractivity contribution in [2.24, 2.45) is 0 Å². The highest BCUT2D eigenvalue weighted by Crippen LogP contribution is 2.29. The lowest BCUT2D eigenvalue weighted by molar-refractivity contribution is 0.121. The van der Waals surface area contributed by atoms with Gasteiger partial charge < -0.3 is 10.1 Å². The van der Waals surface area contributed by atoms with Crippen molar-refractivity contribution in [3.63, 3.8) is 0 Å². The van der Waals surface area contributed by atoms with Crippen LogP contribution < -0.4 is 5.32 Å². The Hall–Kier alpha value is -0.680. The molecule has 88 valence electrons. The zero-order valence-electron chi connectivity index (χ0n) is 8.77. The standard InChI is InChI=1S/C11H12BrF2NO/c1-6-10(2-3-16-6)15-11-8(12)4-7(13)5-9(11)14/h4-6,10,15H,2-3H2,1H3. The zero-order valence-corrected chi connectivity index (χ0v) is 10.4. The molecule has 1 fully saturated rings. The Balaban J connectivity index is 2.21. The quantitative estimate of drug-likeness (QED) is 0.903. The average molecular weight is 292 g/mol. The van der Waals surface area contributed by atoms with Gasteiger partial charge in [-0.2, -0.15) is 0 Å². The maximum atomic E-state index is 13.5. The van der Waals surface area contributed by atoms with Crippen LogP contribution in [0, 0.1) is 11.6 Å². The number of halogens is 3. The Bertz CT molecular complexity index is 377. The second kappa shape index (κ2) is 4.67. The third kappa shape index (κ3) is 2.35. The van der Waals surface area contributed by atoms with Crippen LogP contribution in [0.3, 0.4) is 0 Å². The Kier molecular flexibility index (Phi) is 3.44. The molecule has 1 N–H and O–H groups in total. The average Bonchev–Trinajstić information content (AvgIpc) is 2.57. The molecule has 0 spiro atoms. The fourth-order valence-electron chi connectivity index (χ4n) is 1.79. The topological polar surface area (TPSA) is 21.3 Å². The van der Waals surface area contributed by atoms with E-state index in [0.717, 1.165) is 12.5 Å². The SMILES string of the molecule is CC1OCCC1Nc1c(F)cc(F)cc1Br. The number of hydrogen-bond acceptors (Lipinski definition) is 2. The molecular formula is C11H12BrF2NO. The molecule has 2 rings (SSSR count). The molecule has 5 heteroatoms. The van der Waals surface area contributed by atoms with E-state index in [1.54, 1.807) is 0 Å². The normalized spacial score (nSPS) is 24.8. The molecule has 1 aliphatic heterocycles. The highest BCUT2D eigenvalue weighted by molar-refractivity contribution is 9.10. The van der Waals surface area contributed by atoms with Crippen molar-refractivity contribution in [3.8, 4) is 0 Å². The molecule has 0 amide bonds. The summed E-state index contributed by atoms with van der Waals surface area (Å²) < 4.78 is 32.2. The van der Waals surface area contributed by atoms with Gasteiger partial charge in [0.05, 0.1) is 17.8 Å². The van der Waals surface area contributed by atoms with Crippen LogP contribution in [-0.2, 0) is 4.74 Å². The van der Waals surface area contributed by atoms with Crippen LogP contribution in [0.1, 0.15) is 13.3 Å². The summed E-state index contributed by atoms with van der Waals surface area (Å²) in [6.07, 6.45) is 0.862. The first-order valence-corrected chi connectivity index (χ1v) is 5.90. The van der Waals surface area contributed by atoms with Crippen LogP contribution in [0.2, 0.25) is 0 Å². The molecule has 1 aromatic carbocycles. The van der Waals surface area contributed by atoms with E-state index in [0.29, 0.717) is 16.8 Å². The minimum absolute atomic E-state index is 0.0383. The third-order valence-electron chi connectivity index (χ3n) is 2.71. The number of nitrogens with one attached hydrogen (secondary N) is 1. The zero-order chi connectivity index (χ0) is 11.7. The predicted octanol–water partition coefficient (Wildman–Crippen LogP) is 3.32. The summed E-state index contributed by atoms with van der Waals surface area (Å²) >= 11 is 3.14. The van der Waals surface area contributed by atoms with Gasteiger partial charge in [-0.1, -0.05) is 0 Å². The maximum absolute atomic E-state index is 13.5. The number of rotatable bonds is 2. The number of hydrogen-bond donors (Lipinski definition) is 1. The van der Waals surface area contributed by atoms with Gasteiger partial charge in [0, 0.05) is 17.1 Å². The van der Waals surface area contributed by atoms with Gasteiger partial charge in [-0.3, -0.25) is 0 Å². The molecule has 0 radical (unpaired) electrons. The van der Waals surface area contributed by atoms with E-state index in [4.69, 9.17) is 4.74 Å². The summed E-state index contributed by atoms with van der Waals surface area (Å²) in [4.78, 5) is 0. The molecule has 1 saturated heterocycles. The monoisotopic (exact) mass is 291 g/mol. The van der Waals surface area contributed by atoms with Crippen molar-refractivity contribution in [1.82, 2.24) is 0 Å². The van der Waals surface area contributed by atoms with Crippen molar-refractivity contribution < 1.29 is 13.5 Å². The van der Waals surface area contributed by atoms with Gasteiger partial charge in [-0.25, -0.2) is 8.78 Å². The Labute approximate surface area is 101 Å². The molecule has 2 atom stereocenters. The summed E-state index contributed by atoms with van der Waals surface area (Å²) in [5, 5.41) is 3.04. The molecule has 2 nitrogen and oxygen atoms in total. The fourth-order valence-corrected chi connectivity index (χ4v) is 2.31. The van der Waals surface area contributed by atoms with Crippen LogP contribution >= 0.6 is 15.9 Å². The Morgan fingerprint density at radius 2 is 2.19 bits per heavy atom. The van der Waals surface area contributed by atoms with E-state index in [-0.39, 0.29) is 12.1 Å². The largest absolute Gasteiger partial charge is 0.376 e. The van der Waals surface area contributed by atoms with Gasteiger partial charge in [-0.15, -0.1) is 0 Å². The Morgan fingerprint density at radius 3 is 2.75 bits per heavy atom. The summed E-state index contributed by atoms with van der Waals surface area (Å²) in [7, 11) is 0.